The molecular formula is C7H8F3N. The molecule has 1 rings (SSSR count). The second kappa shape index (κ2) is 2.68. The zero-order valence-corrected chi connectivity index (χ0v) is 6.02. The number of hydrogen-bond acceptors (Lipinski definition) is 1. The van der Waals surface area contributed by atoms with Gasteiger partial charge in [-0.25, -0.2) is 0 Å². The van der Waals surface area contributed by atoms with Crippen molar-refractivity contribution < 1.29 is 13.2 Å². The molecule has 0 aromatic carbocycles. The highest BCUT2D eigenvalue weighted by atomic mass is 19.4. The summed E-state index contributed by atoms with van der Waals surface area (Å²) in [6.45, 7) is 1.56. The van der Waals surface area contributed by atoms with Gasteiger partial charge in [-0.2, -0.15) is 13.2 Å². The van der Waals surface area contributed by atoms with Crippen LogP contribution < -0.4 is 0 Å². The molecule has 0 spiro atoms. The third kappa shape index (κ3) is 2.06. The molecule has 0 N–H and O–H groups in total. The summed E-state index contributed by atoms with van der Waals surface area (Å²) in [5.74, 6) is -1.33. The van der Waals surface area contributed by atoms with Gasteiger partial charge in [0.25, 0.3) is 0 Å². The maximum atomic E-state index is 12.0. The third-order valence-corrected chi connectivity index (χ3v) is 1.52. The topological polar surface area (TPSA) is 12.4 Å². The molecule has 0 bridgehead atoms. The lowest BCUT2D eigenvalue weighted by Crippen LogP contribution is -2.22. The van der Waals surface area contributed by atoms with E-state index in [4.69, 9.17) is 0 Å². The Labute approximate surface area is 62.6 Å². The molecule has 1 aliphatic rings. The van der Waals surface area contributed by atoms with E-state index in [0.717, 1.165) is 6.08 Å². The minimum absolute atomic E-state index is 0.0269. The molecule has 0 aliphatic carbocycles. The normalized spacial score (nSPS) is 25.1. The van der Waals surface area contributed by atoms with Crippen molar-refractivity contribution >= 4 is 6.21 Å². The molecule has 0 aromatic heterocycles. The van der Waals surface area contributed by atoms with Crippen molar-refractivity contribution in [1.29, 1.82) is 0 Å². The molecule has 0 radical (unpaired) electrons. The van der Waals surface area contributed by atoms with Gasteiger partial charge in [-0.05, 0) is 13.3 Å². The van der Waals surface area contributed by atoms with E-state index in [0.29, 0.717) is 5.70 Å². The molecule has 0 aromatic rings. The Bertz CT molecular complexity index is 202. The van der Waals surface area contributed by atoms with Crippen LogP contribution in [-0.2, 0) is 0 Å². The molecule has 62 valence electrons. The standard InChI is InChI=1S/C7H8F3N/c1-5-4-6(2-3-11-5)7(8,9)10/h3-4,6H,2H2,1H3. The molecule has 0 saturated heterocycles. The van der Waals surface area contributed by atoms with Crippen LogP contribution in [0.1, 0.15) is 13.3 Å². The van der Waals surface area contributed by atoms with Gasteiger partial charge in [-0.15, -0.1) is 0 Å². The van der Waals surface area contributed by atoms with Gasteiger partial charge in [0.15, 0.2) is 0 Å². The van der Waals surface area contributed by atoms with Crippen LogP contribution in [0.5, 0.6) is 0 Å². The molecule has 11 heavy (non-hydrogen) atoms. The van der Waals surface area contributed by atoms with Crippen LogP contribution in [0.25, 0.3) is 0 Å². The van der Waals surface area contributed by atoms with Crippen LogP contribution in [0.15, 0.2) is 16.8 Å². The fourth-order valence-electron chi connectivity index (χ4n) is 0.941. The van der Waals surface area contributed by atoms with Gasteiger partial charge in [0.2, 0.25) is 0 Å². The first-order chi connectivity index (χ1) is 5.00. The van der Waals surface area contributed by atoms with Crippen LogP contribution in [0.3, 0.4) is 0 Å². The lowest BCUT2D eigenvalue weighted by molar-refractivity contribution is -0.159. The molecule has 1 unspecified atom stereocenters. The van der Waals surface area contributed by atoms with E-state index in [1.807, 2.05) is 0 Å². The largest absolute Gasteiger partial charge is 0.395 e. The first kappa shape index (κ1) is 8.30. The second-order valence-electron chi connectivity index (χ2n) is 2.50. The predicted molar refractivity (Wildman–Crippen MR) is 36.4 cm³/mol. The Balaban J connectivity index is 2.71. The average molecular weight is 163 g/mol. The maximum absolute atomic E-state index is 12.0. The molecule has 1 heterocycles. The van der Waals surface area contributed by atoms with E-state index >= 15 is 0 Å². The summed E-state index contributed by atoms with van der Waals surface area (Å²) in [6.07, 6.45) is -1.68. The van der Waals surface area contributed by atoms with Crippen molar-refractivity contribution in [3.8, 4) is 0 Å². The quantitative estimate of drug-likeness (QED) is 0.520. The van der Waals surface area contributed by atoms with Crippen LogP contribution in [0.4, 0.5) is 13.2 Å². The summed E-state index contributed by atoms with van der Waals surface area (Å²) in [7, 11) is 0. The summed E-state index contributed by atoms with van der Waals surface area (Å²) in [5.41, 5.74) is 0.443. The Morgan fingerprint density at radius 2 is 2.18 bits per heavy atom. The minimum atomic E-state index is -4.12. The lowest BCUT2D eigenvalue weighted by atomic mass is 10.0. The molecule has 4 heteroatoms. The van der Waals surface area contributed by atoms with Crippen LogP contribution >= 0.6 is 0 Å². The van der Waals surface area contributed by atoms with Gasteiger partial charge in [-0.1, -0.05) is 6.08 Å². The number of hydrogen-bond donors (Lipinski definition) is 0. The van der Waals surface area contributed by atoms with Crippen molar-refractivity contribution in [2.75, 3.05) is 0 Å². The smallest absolute Gasteiger partial charge is 0.266 e. The highest BCUT2D eigenvalue weighted by Gasteiger charge is 2.38. The Kier molecular flexibility index (Phi) is 2.02. The van der Waals surface area contributed by atoms with Gasteiger partial charge in [0.05, 0.1) is 5.92 Å². The number of halogens is 3. The van der Waals surface area contributed by atoms with E-state index in [2.05, 4.69) is 4.99 Å². The van der Waals surface area contributed by atoms with Crippen molar-refractivity contribution in [2.24, 2.45) is 10.9 Å². The highest BCUT2D eigenvalue weighted by Crippen LogP contribution is 2.31. The first-order valence-corrected chi connectivity index (χ1v) is 3.28. The summed E-state index contributed by atoms with van der Waals surface area (Å²) in [6, 6.07) is 0. The molecule has 1 atom stereocenters. The van der Waals surface area contributed by atoms with Gasteiger partial charge in [0.1, 0.15) is 0 Å². The van der Waals surface area contributed by atoms with Gasteiger partial charge in [-0.3, -0.25) is 4.99 Å². The lowest BCUT2D eigenvalue weighted by Gasteiger charge is -2.17. The fourth-order valence-corrected chi connectivity index (χ4v) is 0.941. The molecule has 0 amide bonds. The van der Waals surface area contributed by atoms with Crippen LogP contribution in [0, 0.1) is 5.92 Å². The minimum Gasteiger partial charge on any atom is -0.266 e. The highest BCUT2D eigenvalue weighted by molar-refractivity contribution is 5.61. The van der Waals surface area contributed by atoms with Crippen LogP contribution in [0.2, 0.25) is 0 Å². The van der Waals surface area contributed by atoms with Crippen molar-refractivity contribution in [1.82, 2.24) is 0 Å². The zero-order chi connectivity index (χ0) is 8.48. The monoisotopic (exact) mass is 163 g/mol. The van der Waals surface area contributed by atoms with Crippen molar-refractivity contribution in [3.63, 3.8) is 0 Å². The van der Waals surface area contributed by atoms with Gasteiger partial charge in [0, 0.05) is 11.9 Å². The van der Waals surface area contributed by atoms with E-state index in [1.165, 1.54) is 6.21 Å². The molecule has 1 aliphatic heterocycles. The average Bonchev–Trinajstić information content (AvgIpc) is 1.86. The fraction of sp³-hybridized carbons (Fsp3) is 0.571. The Morgan fingerprint density at radius 1 is 1.55 bits per heavy atom. The summed E-state index contributed by atoms with van der Waals surface area (Å²) < 4.78 is 36.0. The third-order valence-electron chi connectivity index (χ3n) is 1.52. The summed E-state index contributed by atoms with van der Waals surface area (Å²) in [4.78, 5) is 3.73. The van der Waals surface area contributed by atoms with E-state index < -0.39 is 12.1 Å². The number of aliphatic imine (C=N–C) groups is 1. The van der Waals surface area contributed by atoms with Gasteiger partial charge < -0.3 is 0 Å². The number of allylic oxidation sites excluding steroid dienone is 2. The molecule has 0 saturated carbocycles. The van der Waals surface area contributed by atoms with E-state index in [9.17, 15) is 13.2 Å². The molecule has 1 nitrogen and oxygen atoms in total. The Morgan fingerprint density at radius 3 is 2.55 bits per heavy atom. The molecular weight excluding hydrogens is 155 g/mol. The second-order valence-corrected chi connectivity index (χ2v) is 2.50. The molecule has 0 fully saturated rings. The van der Waals surface area contributed by atoms with Gasteiger partial charge >= 0.3 is 6.18 Å². The van der Waals surface area contributed by atoms with Crippen molar-refractivity contribution in [3.05, 3.63) is 11.8 Å². The number of alkyl halides is 3. The zero-order valence-electron chi connectivity index (χ0n) is 6.02. The summed E-state index contributed by atoms with van der Waals surface area (Å²) >= 11 is 0. The van der Waals surface area contributed by atoms with Crippen molar-refractivity contribution in [2.45, 2.75) is 19.5 Å². The maximum Gasteiger partial charge on any atom is 0.395 e. The van der Waals surface area contributed by atoms with Crippen LogP contribution in [-0.4, -0.2) is 12.4 Å². The number of rotatable bonds is 0. The first-order valence-electron chi connectivity index (χ1n) is 3.28. The summed E-state index contributed by atoms with van der Waals surface area (Å²) in [5, 5.41) is 0. The SMILES string of the molecule is CC1=CC(C(F)(F)F)CC=N1. The van der Waals surface area contributed by atoms with E-state index in [1.54, 1.807) is 6.92 Å². The number of nitrogens with zero attached hydrogens (tertiary/aromatic N) is 1. The Hall–Kier alpha value is -0.800. The predicted octanol–water partition coefficient (Wildman–Crippen LogP) is 2.54. The van der Waals surface area contributed by atoms with E-state index in [-0.39, 0.29) is 6.42 Å².